The van der Waals surface area contributed by atoms with Gasteiger partial charge in [0, 0.05) is 30.1 Å². The fourth-order valence-electron chi connectivity index (χ4n) is 6.71. The molecule has 3 fully saturated rings. The summed E-state index contributed by atoms with van der Waals surface area (Å²) in [5, 5.41) is 15.7. The molecule has 0 aromatic heterocycles. The molecule has 3 amide bonds. The van der Waals surface area contributed by atoms with Crippen LogP contribution in [0.5, 0.6) is 0 Å². The van der Waals surface area contributed by atoms with Crippen molar-refractivity contribution in [2.75, 3.05) is 18.5 Å². The lowest BCUT2D eigenvalue weighted by Gasteiger charge is -2.35. The number of aliphatic hydroxyl groups excluding tert-OH is 1. The Morgan fingerprint density at radius 2 is 1.76 bits per heavy atom. The smallest absolute Gasteiger partial charge is 0.248 e. The zero-order chi connectivity index (χ0) is 26.4. The number of aliphatic hydroxyl groups is 1. The van der Waals surface area contributed by atoms with Crippen LogP contribution in [0.3, 0.4) is 0 Å². The van der Waals surface area contributed by atoms with Gasteiger partial charge in [0.1, 0.15) is 6.04 Å². The molecule has 0 saturated carbocycles. The highest BCUT2D eigenvalue weighted by Crippen LogP contribution is 2.71. The van der Waals surface area contributed by atoms with Crippen molar-refractivity contribution in [3.05, 3.63) is 65.2 Å². The summed E-state index contributed by atoms with van der Waals surface area (Å²) in [6.07, 6.45) is 1.86. The molecular formula is C29H35N3O4S. The van der Waals surface area contributed by atoms with Gasteiger partial charge in [-0.2, -0.15) is 0 Å². The molecule has 0 radical (unpaired) electrons. The number of nitrogens with zero attached hydrogens (tertiary/aromatic N) is 1. The topological polar surface area (TPSA) is 98.7 Å². The maximum Gasteiger partial charge on any atom is 0.248 e. The summed E-state index contributed by atoms with van der Waals surface area (Å²) in [5.41, 5.74) is 3.69. The second kappa shape index (κ2) is 9.80. The third-order valence-electron chi connectivity index (χ3n) is 8.40. The Kier molecular flexibility index (Phi) is 6.83. The number of amides is 3. The SMILES string of the molecule is Cc1cccc(C)c1NC(=O)C1N(CCCO)C(=O)[C@@H]2[C@@H](C(=O)NCc3ccccc3)[C@@]3(C)CCC12S3. The van der Waals surface area contributed by atoms with E-state index in [1.54, 1.807) is 16.7 Å². The van der Waals surface area contributed by atoms with E-state index < -0.39 is 27.4 Å². The molecule has 3 heterocycles. The van der Waals surface area contributed by atoms with Crippen LogP contribution in [0.4, 0.5) is 5.69 Å². The minimum absolute atomic E-state index is 0.0709. The van der Waals surface area contributed by atoms with E-state index >= 15 is 0 Å². The number of thioether (sulfide) groups is 1. The molecule has 2 aromatic carbocycles. The van der Waals surface area contributed by atoms with Crippen LogP contribution in [0.25, 0.3) is 0 Å². The van der Waals surface area contributed by atoms with Gasteiger partial charge in [0.2, 0.25) is 17.7 Å². The number of rotatable bonds is 8. The van der Waals surface area contributed by atoms with Gasteiger partial charge in [-0.3, -0.25) is 14.4 Å². The quantitative estimate of drug-likeness (QED) is 0.495. The number of nitrogens with one attached hydrogen (secondary N) is 2. The maximum atomic E-state index is 14.0. The first-order valence-electron chi connectivity index (χ1n) is 13.0. The number of carbonyl (C=O) groups excluding carboxylic acids is 3. The van der Waals surface area contributed by atoms with Crippen molar-refractivity contribution in [1.29, 1.82) is 0 Å². The van der Waals surface area contributed by atoms with Crippen LogP contribution in [-0.2, 0) is 20.9 Å². The van der Waals surface area contributed by atoms with Crippen molar-refractivity contribution in [3.8, 4) is 0 Å². The lowest BCUT2D eigenvalue weighted by molar-refractivity contribution is -0.140. The van der Waals surface area contributed by atoms with Gasteiger partial charge >= 0.3 is 0 Å². The van der Waals surface area contributed by atoms with Crippen LogP contribution >= 0.6 is 11.8 Å². The van der Waals surface area contributed by atoms with Crippen LogP contribution in [0.2, 0.25) is 0 Å². The molecule has 5 atom stereocenters. The molecule has 3 aliphatic rings. The lowest BCUT2D eigenvalue weighted by atomic mass is 9.66. The van der Waals surface area contributed by atoms with Crippen LogP contribution < -0.4 is 10.6 Å². The Morgan fingerprint density at radius 3 is 2.43 bits per heavy atom. The Hall–Kier alpha value is -2.84. The first kappa shape index (κ1) is 25.8. The molecule has 2 bridgehead atoms. The van der Waals surface area contributed by atoms with Gasteiger partial charge < -0.3 is 20.6 Å². The third kappa shape index (κ3) is 4.24. The van der Waals surface area contributed by atoms with E-state index in [9.17, 15) is 19.5 Å². The molecule has 7 nitrogen and oxygen atoms in total. The van der Waals surface area contributed by atoms with Crippen molar-refractivity contribution < 1.29 is 19.5 Å². The summed E-state index contributed by atoms with van der Waals surface area (Å²) >= 11 is 1.66. The highest BCUT2D eigenvalue weighted by atomic mass is 32.2. The summed E-state index contributed by atoms with van der Waals surface area (Å²) in [6.45, 7) is 6.60. The van der Waals surface area contributed by atoms with E-state index in [-0.39, 0.29) is 30.9 Å². The number of likely N-dealkylation sites (tertiary alicyclic amines) is 1. The highest BCUT2D eigenvalue weighted by molar-refractivity contribution is 8.02. The van der Waals surface area contributed by atoms with E-state index in [0.717, 1.165) is 28.8 Å². The van der Waals surface area contributed by atoms with Gasteiger partial charge in [-0.1, -0.05) is 48.5 Å². The van der Waals surface area contributed by atoms with Crippen molar-refractivity contribution in [2.24, 2.45) is 11.8 Å². The monoisotopic (exact) mass is 521 g/mol. The summed E-state index contributed by atoms with van der Waals surface area (Å²) in [4.78, 5) is 43.2. The number of hydrogen-bond donors (Lipinski definition) is 3. The first-order chi connectivity index (χ1) is 17.7. The zero-order valence-corrected chi connectivity index (χ0v) is 22.4. The van der Waals surface area contributed by atoms with E-state index in [0.29, 0.717) is 19.4 Å². The normalized spacial score (nSPS) is 29.9. The van der Waals surface area contributed by atoms with Crippen LogP contribution in [-0.4, -0.2) is 56.4 Å². The summed E-state index contributed by atoms with van der Waals surface area (Å²) in [7, 11) is 0. The average molecular weight is 522 g/mol. The maximum absolute atomic E-state index is 14.0. The fourth-order valence-corrected chi connectivity index (χ4v) is 9.06. The molecule has 37 heavy (non-hydrogen) atoms. The minimum atomic E-state index is -0.700. The Bertz CT molecular complexity index is 1200. The molecular weight excluding hydrogens is 486 g/mol. The van der Waals surface area contributed by atoms with Gasteiger partial charge in [-0.25, -0.2) is 0 Å². The van der Waals surface area contributed by atoms with Crippen molar-refractivity contribution in [2.45, 2.75) is 62.1 Å². The number of fused-ring (bicyclic) bond motifs is 1. The van der Waals surface area contributed by atoms with E-state index in [1.807, 2.05) is 62.4 Å². The zero-order valence-electron chi connectivity index (χ0n) is 21.6. The van der Waals surface area contributed by atoms with Crippen molar-refractivity contribution >= 4 is 35.2 Å². The predicted molar refractivity (Wildman–Crippen MR) is 145 cm³/mol. The second-order valence-corrected chi connectivity index (χ2v) is 12.7. The molecule has 3 saturated heterocycles. The lowest BCUT2D eigenvalue weighted by Crippen LogP contribution is -2.52. The summed E-state index contributed by atoms with van der Waals surface area (Å²) in [6, 6.07) is 14.9. The number of anilines is 1. The van der Waals surface area contributed by atoms with Gasteiger partial charge in [0.25, 0.3) is 0 Å². The molecule has 5 rings (SSSR count). The third-order valence-corrected chi connectivity index (χ3v) is 10.4. The molecule has 3 N–H and O–H groups in total. The number of hydrogen-bond acceptors (Lipinski definition) is 5. The van der Waals surface area contributed by atoms with Gasteiger partial charge in [0.15, 0.2) is 0 Å². The number of benzene rings is 2. The molecule has 8 heteroatoms. The highest BCUT2D eigenvalue weighted by Gasteiger charge is 2.77. The van der Waals surface area contributed by atoms with Gasteiger partial charge in [-0.05, 0) is 56.7 Å². The molecule has 2 unspecified atom stereocenters. The second-order valence-electron chi connectivity index (χ2n) is 10.8. The molecule has 2 aromatic rings. The largest absolute Gasteiger partial charge is 0.396 e. The van der Waals surface area contributed by atoms with E-state index in [1.165, 1.54) is 0 Å². The minimum Gasteiger partial charge on any atom is -0.396 e. The van der Waals surface area contributed by atoms with Crippen LogP contribution in [0.1, 0.15) is 42.9 Å². The Labute approximate surface area is 222 Å². The predicted octanol–water partition coefficient (Wildman–Crippen LogP) is 3.42. The number of para-hydroxylation sites is 1. The van der Waals surface area contributed by atoms with E-state index in [4.69, 9.17) is 0 Å². The van der Waals surface area contributed by atoms with Crippen LogP contribution in [0.15, 0.2) is 48.5 Å². The molecule has 196 valence electrons. The molecule has 0 aliphatic carbocycles. The summed E-state index contributed by atoms with van der Waals surface area (Å²) in [5.74, 6) is -1.58. The Morgan fingerprint density at radius 1 is 1.05 bits per heavy atom. The van der Waals surface area contributed by atoms with Gasteiger partial charge in [-0.15, -0.1) is 11.8 Å². The first-order valence-corrected chi connectivity index (χ1v) is 13.8. The summed E-state index contributed by atoms with van der Waals surface area (Å²) < 4.78 is -1.09. The van der Waals surface area contributed by atoms with Crippen molar-refractivity contribution in [1.82, 2.24) is 10.2 Å². The fraction of sp³-hybridized carbons (Fsp3) is 0.483. The Balaban J connectivity index is 1.46. The van der Waals surface area contributed by atoms with Crippen LogP contribution in [0, 0.1) is 25.7 Å². The number of aryl methyl sites for hydroxylation is 2. The number of carbonyl (C=O) groups is 3. The molecule has 3 aliphatic heterocycles. The van der Waals surface area contributed by atoms with Gasteiger partial charge in [0.05, 0.1) is 16.6 Å². The van der Waals surface area contributed by atoms with E-state index in [2.05, 4.69) is 17.6 Å². The van der Waals surface area contributed by atoms with Crippen molar-refractivity contribution in [3.63, 3.8) is 0 Å². The standard InChI is InChI=1S/C29H35N3O4S/c1-18-9-7-10-19(2)23(18)31-26(35)24-29-14-13-28(3,37-29)21(22(29)27(36)32(24)15-8-16-33)25(34)30-17-20-11-5-4-6-12-20/h4-7,9-12,21-22,24,33H,8,13-17H2,1-3H3,(H,30,34)(H,31,35)/t21-,22-,24?,28+,29?/m0/s1. The average Bonchev–Trinajstić information content (AvgIpc) is 3.44. The molecule has 1 spiro atoms.